The predicted molar refractivity (Wildman–Crippen MR) is 67.2 cm³/mol. The van der Waals surface area contributed by atoms with E-state index in [1.807, 2.05) is 6.08 Å². The van der Waals surface area contributed by atoms with Crippen LogP contribution in [0.15, 0.2) is 12.7 Å². The molecule has 0 saturated heterocycles. The van der Waals surface area contributed by atoms with Crippen LogP contribution in [-0.4, -0.2) is 25.8 Å². The van der Waals surface area contributed by atoms with Gasteiger partial charge in [0.15, 0.2) is 0 Å². The summed E-state index contributed by atoms with van der Waals surface area (Å²) in [5.41, 5.74) is 0. The summed E-state index contributed by atoms with van der Waals surface area (Å²) in [7, 11) is 1.78. The molecule has 2 atom stereocenters. The molecule has 0 aromatic rings. The summed E-state index contributed by atoms with van der Waals surface area (Å²) in [6.45, 7) is 9.10. The van der Waals surface area contributed by atoms with Crippen LogP contribution in [0.1, 0.15) is 46.0 Å². The first kappa shape index (κ1) is 14.7. The van der Waals surface area contributed by atoms with Crippen LogP contribution in [-0.2, 0) is 4.74 Å². The molecule has 0 aliphatic carbocycles. The van der Waals surface area contributed by atoms with Crippen molar-refractivity contribution in [2.24, 2.45) is 0 Å². The molecule has 15 heavy (non-hydrogen) atoms. The molecule has 0 rings (SSSR count). The van der Waals surface area contributed by atoms with E-state index in [0.29, 0.717) is 12.1 Å². The van der Waals surface area contributed by atoms with Gasteiger partial charge in [-0.2, -0.15) is 0 Å². The van der Waals surface area contributed by atoms with Gasteiger partial charge in [0.25, 0.3) is 0 Å². The predicted octanol–water partition coefficient (Wildman–Crippen LogP) is 3.14. The third-order valence-corrected chi connectivity index (χ3v) is 2.78. The van der Waals surface area contributed by atoms with Gasteiger partial charge in [0.2, 0.25) is 0 Å². The Morgan fingerprint density at radius 1 is 1.33 bits per heavy atom. The fraction of sp³-hybridized carbons (Fsp3) is 0.846. The Kier molecular flexibility index (Phi) is 9.96. The monoisotopic (exact) mass is 213 g/mol. The summed E-state index contributed by atoms with van der Waals surface area (Å²) in [4.78, 5) is 0. The molecule has 0 aromatic heterocycles. The number of rotatable bonds is 10. The van der Waals surface area contributed by atoms with Crippen LogP contribution in [0.3, 0.4) is 0 Å². The molecule has 2 unspecified atom stereocenters. The minimum atomic E-state index is 0.380. The number of ether oxygens (including phenoxy) is 1. The van der Waals surface area contributed by atoms with Gasteiger partial charge >= 0.3 is 0 Å². The molecule has 1 N–H and O–H groups in total. The van der Waals surface area contributed by atoms with E-state index in [4.69, 9.17) is 4.74 Å². The second-order valence-corrected chi connectivity index (χ2v) is 4.10. The minimum Gasteiger partial charge on any atom is -0.382 e. The van der Waals surface area contributed by atoms with E-state index in [1.54, 1.807) is 7.11 Å². The van der Waals surface area contributed by atoms with Crippen molar-refractivity contribution in [2.45, 2.75) is 58.1 Å². The first-order valence-electron chi connectivity index (χ1n) is 6.11. The normalized spacial score (nSPS) is 14.9. The van der Waals surface area contributed by atoms with Crippen molar-refractivity contribution in [3.8, 4) is 0 Å². The summed E-state index contributed by atoms with van der Waals surface area (Å²) >= 11 is 0. The first-order valence-corrected chi connectivity index (χ1v) is 6.11. The molecule has 2 heteroatoms. The Morgan fingerprint density at radius 2 is 2.07 bits per heavy atom. The van der Waals surface area contributed by atoms with Gasteiger partial charge < -0.3 is 10.1 Å². The molecule has 0 heterocycles. The maximum atomic E-state index is 5.26. The van der Waals surface area contributed by atoms with E-state index in [2.05, 4.69) is 25.7 Å². The zero-order valence-electron chi connectivity index (χ0n) is 10.6. The SMILES string of the molecule is C=CCCCC(CCC(C)OC)NCC. The van der Waals surface area contributed by atoms with E-state index in [9.17, 15) is 0 Å². The van der Waals surface area contributed by atoms with Crippen LogP contribution < -0.4 is 5.32 Å². The van der Waals surface area contributed by atoms with Crippen LogP contribution in [0.2, 0.25) is 0 Å². The van der Waals surface area contributed by atoms with Gasteiger partial charge in [-0.1, -0.05) is 13.0 Å². The van der Waals surface area contributed by atoms with Gasteiger partial charge in [-0.05, 0) is 45.6 Å². The van der Waals surface area contributed by atoms with Crippen LogP contribution in [0.5, 0.6) is 0 Å². The average Bonchev–Trinajstić information content (AvgIpc) is 2.25. The standard InChI is InChI=1S/C13H27NO/c1-5-7-8-9-13(14-6-2)11-10-12(3)15-4/h5,12-14H,1,6-11H2,2-4H3. The van der Waals surface area contributed by atoms with Crippen LogP contribution in [0.25, 0.3) is 0 Å². The molecular weight excluding hydrogens is 186 g/mol. The van der Waals surface area contributed by atoms with Gasteiger partial charge in [0.1, 0.15) is 0 Å². The molecule has 2 nitrogen and oxygen atoms in total. The Hall–Kier alpha value is -0.340. The lowest BCUT2D eigenvalue weighted by molar-refractivity contribution is 0.105. The Morgan fingerprint density at radius 3 is 2.60 bits per heavy atom. The zero-order chi connectivity index (χ0) is 11.5. The molecule has 0 amide bonds. The topological polar surface area (TPSA) is 21.3 Å². The maximum absolute atomic E-state index is 5.26. The number of unbranched alkanes of at least 4 members (excludes halogenated alkanes) is 1. The van der Waals surface area contributed by atoms with E-state index in [-0.39, 0.29) is 0 Å². The smallest absolute Gasteiger partial charge is 0.0543 e. The molecule has 90 valence electrons. The largest absolute Gasteiger partial charge is 0.382 e. The van der Waals surface area contributed by atoms with Crippen molar-refractivity contribution in [1.82, 2.24) is 5.32 Å². The molecule has 0 aromatic carbocycles. The summed E-state index contributed by atoms with van der Waals surface area (Å²) in [6, 6.07) is 0.646. The quantitative estimate of drug-likeness (QED) is 0.444. The maximum Gasteiger partial charge on any atom is 0.0543 e. The summed E-state index contributed by atoms with van der Waals surface area (Å²) in [6.07, 6.45) is 8.34. The van der Waals surface area contributed by atoms with Gasteiger partial charge in [-0.25, -0.2) is 0 Å². The van der Waals surface area contributed by atoms with Crippen molar-refractivity contribution in [3.63, 3.8) is 0 Å². The van der Waals surface area contributed by atoms with Gasteiger partial charge in [-0.3, -0.25) is 0 Å². The number of hydrogen-bond donors (Lipinski definition) is 1. The molecular formula is C13H27NO. The Balaban J connectivity index is 3.66. The van der Waals surface area contributed by atoms with Crippen LogP contribution >= 0.6 is 0 Å². The average molecular weight is 213 g/mol. The third-order valence-electron chi connectivity index (χ3n) is 2.78. The lowest BCUT2D eigenvalue weighted by Crippen LogP contribution is -2.29. The molecule has 0 radical (unpaired) electrons. The Bertz CT molecular complexity index is 147. The summed E-state index contributed by atoms with van der Waals surface area (Å²) in [5, 5.41) is 3.53. The minimum absolute atomic E-state index is 0.380. The van der Waals surface area contributed by atoms with Gasteiger partial charge in [-0.15, -0.1) is 6.58 Å². The Labute approximate surface area is 95.1 Å². The molecule has 0 saturated carbocycles. The third kappa shape index (κ3) is 8.64. The van der Waals surface area contributed by atoms with Crippen LogP contribution in [0, 0.1) is 0 Å². The van der Waals surface area contributed by atoms with Gasteiger partial charge in [0.05, 0.1) is 6.10 Å². The number of nitrogens with one attached hydrogen (secondary N) is 1. The highest BCUT2D eigenvalue weighted by molar-refractivity contribution is 4.72. The molecule has 0 aliphatic heterocycles. The van der Waals surface area contributed by atoms with E-state index >= 15 is 0 Å². The highest BCUT2D eigenvalue weighted by Gasteiger charge is 2.08. The lowest BCUT2D eigenvalue weighted by Gasteiger charge is -2.19. The van der Waals surface area contributed by atoms with E-state index < -0.39 is 0 Å². The second-order valence-electron chi connectivity index (χ2n) is 4.10. The molecule has 0 bridgehead atoms. The number of hydrogen-bond acceptors (Lipinski definition) is 2. The lowest BCUT2D eigenvalue weighted by atomic mass is 10.0. The second kappa shape index (κ2) is 10.2. The number of methoxy groups -OCH3 is 1. The summed E-state index contributed by atoms with van der Waals surface area (Å²) in [5.74, 6) is 0. The molecule has 0 aliphatic rings. The number of allylic oxidation sites excluding steroid dienone is 1. The van der Waals surface area contributed by atoms with Crippen molar-refractivity contribution in [1.29, 1.82) is 0 Å². The first-order chi connectivity index (χ1) is 7.24. The molecule has 0 spiro atoms. The van der Waals surface area contributed by atoms with E-state index in [0.717, 1.165) is 19.4 Å². The van der Waals surface area contributed by atoms with Gasteiger partial charge in [0, 0.05) is 13.2 Å². The highest BCUT2D eigenvalue weighted by Crippen LogP contribution is 2.10. The van der Waals surface area contributed by atoms with E-state index in [1.165, 1.54) is 19.3 Å². The van der Waals surface area contributed by atoms with Crippen LogP contribution in [0.4, 0.5) is 0 Å². The zero-order valence-corrected chi connectivity index (χ0v) is 10.6. The van der Waals surface area contributed by atoms with Crippen molar-refractivity contribution in [3.05, 3.63) is 12.7 Å². The van der Waals surface area contributed by atoms with Crippen molar-refractivity contribution < 1.29 is 4.74 Å². The molecule has 0 fully saturated rings. The fourth-order valence-corrected chi connectivity index (χ4v) is 1.70. The summed E-state index contributed by atoms with van der Waals surface area (Å²) < 4.78 is 5.26. The highest BCUT2D eigenvalue weighted by atomic mass is 16.5. The van der Waals surface area contributed by atoms with Crippen molar-refractivity contribution >= 4 is 0 Å². The fourth-order valence-electron chi connectivity index (χ4n) is 1.70. The van der Waals surface area contributed by atoms with Crippen molar-refractivity contribution in [2.75, 3.05) is 13.7 Å².